The molecule has 74 valence electrons. The van der Waals surface area contributed by atoms with Crippen LogP contribution in [-0.2, 0) is 6.54 Å². The summed E-state index contributed by atoms with van der Waals surface area (Å²) in [5, 5.41) is 1.15. The van der Waals surface area contributed by atoms with Crippen LogP contribution in [0.25, 0.3) is 17.0 Å². The number of rotatable bonds is 0. The first-order valence-corrected chi connectivity index (χ1v) is 5.07. The van der Waals surface area contributed by atoms with Gasteiger partial charge in [-0.05, 0) is 24.3 Å². The molecule has 2 heteroatoms. The van der Waals surface area contributed by atoms with E-state index in [1.54, 1.807) is 0 Å². The highest BCUT2D eigenvalue weighted by Crippen LogP contribution is 2.26. The molecule has 2 nitrogen and oxygen atoms in total. The van der Waals surface area contributed by atoms with Crippen LogP contribution in [0, 0.1) is 0 Å². The van der Waals surface area contributed by atoms with Crippen LogP contribution >= 0.6 is 0 Å². The molecular formula is C13H12N2. The number of benzene rings is 1. The molecule has 0 atom stereocenters. The van der Waals surface area contributed by atoms with Gasteiger partial charge in [-0.3, -0.25) is 0 Å². The SMILES string of the molecule is Nc1cccc2c1cc1n2CC=CC=C1. The Hall–Kier alpha value is -1.96. The maximum Gasteiger partial charge on any atom is 0.0508 e. The molecule has 0 unspecified atom stereocenters. The summed E-state index contributed by atoms with van der Waals surface area (Å²) in [5.74, 6) is 0. The molecule has 0 saturated carbocycles. The molecule has 15 heavy (non-hydrogen) atoms. The Morgan fingerprint density at radius 1 is 1.20 bits per heavy atom. The third-order valence-electron chi connectivity index (χ3n) is 2.81. The van der Waals surface area contributed by atoms with Gasteiger partial charge in [0, 0.05) is 23.3 Å². The van der Waals surface area contributed by atoms with Crippen LogP contribution < -0.4 is 5.73 Å². The summed E-state index contributed by atoms with van der Waals surface area (Å²) in [7, 11) is 0. The summed E-state index contributed by atoms with van der Waals surface area (Å²) in [6.45, 7) is 0.912. The second-order valence-electron chi connectivity index (χ2n) is 3.75. The molecular weight excluding hydrogens is 184 g/mol. The number of anilines is 1. The number of hydrogen-bond acceptors (Lipinski definition) is 1. The van der Waals surface area contributed by atoms with Crippen molar-refractivity contribution in [1.29, 1.82) is 0 Å². The van der Waals surface area contributed by atoms with Crippen LogP contribution in [0.15, 0.2) is 42.5 Å². The third-order valence-corrected chi connectivity index (χ3v) is 2.81. The molecule has 0 saturated heterocycles. The Kier molecular flexibility index (Phi) is 1.68. The van der Waals surface area contributed by atoms with E-state index < -0.39 is 0 Å². The van der Waals surface area contributed by atoms with Gasteiger partial charge in [0.25, 0.3) is 0 Å². The third kappa shape index (κ3) is 1.18. The van der Waals surface area contributed by atoms with Crippen LogP contribution in [-0.4, -0.2) is 4.57 Å². The average Bonchev–Trinajstić information content (AvgIpc) is 2.45. The van der Waals surface area contributed by atoms with Crippen molar-refractivity contribution >= 4 is 22.7 Å². The van der Waals surface area contributed by atoms with E-state index in [9.17, 15) is 0 Å². The molecule has 0 aliphatic carbocycles. The highest BCUT2D eigenvalue weighted by atomic mass is 15.0. The number of nitrogens with two attached hydrogens (primary N) is 1. The van der Waals surface area contributed by atoms with Gasteiger partial charge >= 0.3 is 0 Å². The van der Waals surface area contributed by atoms with Gasteiger partial charge < -0.3 is 10.3 Å². The van der Waals surface area contributed by atoms with Crippen molar-refractivity contribution in [2.75, 3.05) is 5.73 Å². The van der Waals surface area contributed by atoms with Gasteiger partial charge in [0.05, 0.1) is 5.52 Å². The maximum atomic E-state index is 5.95. The summed E-state index contributed by atoms with van der Waals surface area (Å²) in [6.07, 6.45) is 8.40. The summed E-state index contributed by atoms with van der Waals surface area (Å²) < 4.78 is 2.27. The molecule has 1 aromatic carbocycles. The lowest BCUT2D eigenvalue weighted by molar-refractivity contribution is 0.856. The minimum absolute atomic E-state index is 0.852. The van der Waals surface area contributed by atoms with Crippen molar-refractivity contribution in [3.63, 3.8) is 0 Å². The van der Waals surface area contributed by atoms with Crippen LogP contribution in [0.4, 0.5) is 5.69 Å². The smallest absolute Gasteiger partial charge is 0.0508 e. The number of allylic oxidation sites excluding steroid dienone is 3. The Labute approximate surface area is 88.3 Å². The van der Waals surface area contributed by atoms with Gasteiger partial charge in [0.2, 0.25) is 0 Å². The molecule has 2 heterocycles. The summed E-state index contributed by atoms with van der Waals surface area (Å²) in [4.78, 5) is 0. The van der Waals surface area contributed by atoms with Gasteiger partial charge in [-0.2, -0.15) is 0 Å². The molecule has 3 rings (SSSR count). The zero-order valence-electron chi connectivity index (χ0n) is 8.35. The van der Waals surface area contributed by atoms with E-state index in [-0.39, 0.29) is 0 Å². The van der Waals surface area contributed by atoms with Crippen molar-refractivity contribution in [2.24, 2.45) is 0 Å². The molecule has 2 aromatic rings. The molecule has 1 aliphatic heterocycles. The maximum absolute atomic E-state index is 5.95. The first-order valence-electron chi connectivity index (χ1n) is 5.07. The molecule has 0 fully saturated rings. The molecule has 0 bridgehead atoms. The molecule has 0 amide bonds. The van der Waals surface area contributed by atoms with Crippen molar-refractivity contribution in [1.82, 2.24) is 4.57 Å². The number of fused-ring (bicyclic) bond motifs is 3. The number of hydrogen-bond donors (Lipinski definition) is 1. The van der Waals surface area contributed by atoms with Gasteiger partial charge in [0.1, 0.15) is 0 Å². The lowest BCUT2D eigenvalue weighted by Gasteiger charge is -2.03. The van der Waals surface area contributed by atoms with E-state index >= 15 is 0 Å². The Balaban J connectivity index is 2.39. The van der Waals surface area contributed by atoms with Crippen molar-refractivity contribution in [2.45, 2.75) is 6.54 Å². The second-order valence-corrected chi connectivity index (χ2v) is 3.75. The van der Waals surface area contributed by atoms with Crippen molar-refractivity contribution < 1.29 is 0 Å². The summed E-state index contributed by atoms with van der Waals surface area (Å²) >= 11 is 0. The second kappa shape index (κ2) is 3.02. The van der Waals surface area contributed by atoms with Gasteiger partial charge in [-0.1, -0.05) is 24.3 Å². The van der Waals surface area contributed by atoms with Crippen LogP contribution in [0.1, 0.15) is 5.69 Å². The normalized spacial score (nSPS) is 14.1. The predicted molar refractivity (Wildman–Crippen MR) is 64.5 cm³/mol. The summed E-state index contributed by atoms with van der Waals surface area (Å²) in [6, 6.07) is 8.21. The number of aromatic nitrogens is 1. The molecule has 0 radical (unpaired) electrons. The minimum Gasteiger partial charge on any atom is -0.398 e. The summed E-state index contributed by atoms with van der Waals surface area (Å²) in [5.41, 5.74) is 9.23. The minimum atomic E-state index is 0.852. The lowest BCUT2D eigenvalue weighted by atomic mass is 10.2. The Morgan fingerprint density at radius 3 is 3.07 bits per heavy atom. The van der Waals surface area contributed by atoms with E-state index in [4.69, 9.17) is 5.73 Å². The van der Waals surface area contributed by atoms with Crippen LogP contribution in [0.2, 0.25) is 0 Å². The molecule has 1 aliphatic rings. The lowest BCUT2D eigenvalue weighted by Crippen LogP contribution is -1.96. The number of nitrogen functional groups attached to an aromatic ring is 1. The van der Waals surface area contributed by atoms with E-state index in [1.165, 1.54) is 11.2 Å². The van der Waals surface area contributed by atoms with Crippen LogP contribution in [0.5, 0.6) is 0 Å². The quantitative estimate of drug-likeness (QED) is 0.645. The molecule has 2 N–H and O–H groups in total. The highest BCUT2D eigenvalue weighted by Gasteiger charge is 2.08. The topological polar surface area (TPSA) is 30.9 Å². The highest BCUT2D eigenvalue weighted by molar-refractivity contribution is 5.93. The van der Waals surface area contributed by atoms with Crippen molar-refractivity contribution in [3.05, 3.63) is 48.2 Å². The Bertz CT molecular complexity index is 573. The van der Waals surface area contributed by atoms with E-state index in [2.05, 4.69) is 41.0 Å². The zero-order valence-corrected chi connectivity index (χ0v) is 8.35. The van der Waals surface area contributed by atoms with Gasteiger partial charge in [0.15, 0.2) is 0 Å². The predicted octanol–water partition coefficient (Wildman–Crippen LogP) is 2.81. The first kappa shape index (κ1) is 8.36. The zero-order chi connectivity index (χ0) is 10.3. The first-order chi connectivity index (χ1) is 7.36. The number of nitrogens with zero attached hydrogens (tertiary/aromatic N) is 1. The van der Waals surface area contributed by atoms with Crippen LogP contribution in [0.3, 0.4) is 0 Å². The fourth-order valence-electron chi connectivity index (χ4n) is 2.07. The van der Waals surface area contributed by atoms with E-state index in [0.29, 0.717) is 0 Å². The largest absolute Gasteiger partial charge is 0.398 e. The Morgan fingerprint density at radius 2 is 2.13 bits per heavy atom. The fourth-order valence-corrected chi connectivity index (χ4v) is 2.07. The van der Waals surface area contributed by atoms with E-state index in [0.717, 1.165) is 17.6 Å². The monoisotopic (exact) mass is 196 g/mol. The fraction of sp³-hybridized carbons (Fsp3) is 0.0769. The van der Waals surface area contributed by atoms with Crippen molar-refractivity contribution in [3.8, 4) is 0 Å². The molecule has 0 spiro atoms. The van der Waals surface area contributed by atoms with Gasteiger partial charge in [-0.25, -0.2) is 0 Å². The molecule has 1 aromatic heterocycles. The van der Waals surface area contributed by atoms with Gasteiger partial charge in [-0.15, -0.1) is 0 Å². The average molecular weight is 196 g/mol. The van der Waals surface area contributed by atoms with E-state index in [1.807, 2.05) is 12.1 Å². The standard InChI is InChI=1S/C13H12N2/c14-12-6-4-7-13-11(12)9-10-5-2-1-3-8-15(10)13/h1-7,9H,8,14H2.